The third kappa shape index (κ3) is 5.52. The first kappa shape index (κ1) is 22.1. The van der Waals surface area contributed by atoms with E-state index in [1.165, 1.54) is 0 Å². The van der Waals surface area contributed by atoms with Crippen molar-refractivity contribution in [2.24, 2.45) is 0 Å². The van der Waals surface area contributed by atoms with Crippen molar-refractivity contribution in [3.05, 3.63) is 84.4 Å². The zero-order valence-corrected chi connectivity index (χ0v) is 17.6. The van der Waals surface area contributed by atoms with Crippen LogP contribution in [0.2, 0.25) is 0 Å². The highest BCUT2D eigenvalue weighted by molar-refractivity contribution is 5.85. The molecule has 0 bridgehead atoms. The Morgan fingerprint density at radius 3 is 1.93 bits per heavy atom. The Morgan fingerprint density at radius 2 is 1.37 bits per heavy atom. The summed E-state index contributed by atoms with van der Waals surface area (Å²) in [6.07, 6.45) is 0. The van der Waals surface area contributed by atoms with Gasteiger partial charge in [0.05, 0.1) is 12.6 Å². The molecule has 1 saturated heterocycles. The molecule has 0 aromatic heterocycles. The Balaban J connectivity index is 0.00000256. The van der Waals surface area contributed by atoms with Gasteiger partial charge in [0.25, 0.3) is 0 Å². The summed E-state index contributed by atoms with van der Waals surface area (Å²) in [5.41, 5.74) is 1.01. The smallest absolute Gasteiger partial charge is 0.170 e. The van der Waals surface area contributed by atoms with E-state index < -0.39 is 0 Å². The van der Waals surface area contributed by atoms with Crippen LogP contribution < -0.4 is 14.8 Å². The van der Waals surface area contributed by atoms with Gasteiger partial charge >= 0.3 is 0 Å². The molecule has 0 unspecified atom stereocenters. The molecule has 1 heterocycles. The molecule has 2 N–H and O–H groups in total. The van der Waals surface area contributed by atoms with Crippen molar-refractivity contribution in [3.63, 3.8) is 0 Å². The monoisotopic (exact) mass is 426 g/mol. The summed E-state index contributed by atoms with van der Waals surface area (Å²) in [5.74, 6) is 2.76. The van der Waals surface area contributed by atoms with Gasteiger partial charge in [-0.2, -0.15) is 0 Å². The average Bonchev–Trinajstić information content (AvgIpc) is 2.78. The maximum absolute atomic E-state index is 10.1. The summed E-state index contributed by atoms with van der Waals surface area (Å²) in [6, 6.07) is 25.2. The second-order valence-electron chi connectivity index (χ2n) is 7.02. The molecule has 0 spiro atoms. The summed E-state index contributed by atoms with van der Waals surface area (Å²) in [5, 5.41) is 13.4. The fraction of sp³-hybridized carbons (Fsp3) is 0.250. The van der Waals surface area contributed by atoms with E-state index in [2.05, 4.69) is 10.2 Å². The lowest BCUT2D eigenvalue weighted by atomic mass is 10.0. The number of rotatable bonds is 7. The van der Waals surface area contributed by atoms with Crippen molar-refractivity contribution in [2.75, 3.05) is 32.8 Å². The number of aliphatic hydroxyl groups excluding tert-OH is 1. The molecule has 1 aliphatic heterocycles. The molecule has 1 fully saturated rings. The molecular formula is C24H27ClN2O3. The third-order valence-corrected chi connectivity index (χ3v) is 5.06. The molecule has 0 amide bonds. The quantitative estimate of drug-likeness (QED) is 0.576. The second-order valence-corrected chi connectivity index (χ2v) is 7.02. The van der Waals surface area contributed by atoms with Crippen molar-refractivity contribution in [1.82, 2.24) is 10.2 Å². The summed E-state index contributed by atoms with van der Waals surface area (Å²) in [4.78, 5) is 2.30. The topological polar surface area (TPSA) is 54.0 Å². The highest BCUT2D eigenvalue weighted by Crippen LogP contribution is 2.37. The number of halogens is 1. The van der Waals surface area contributed by atoms with Crippen LogP contribution in [-0.4, -0.2) is 42.8 Å². The minimum absolute atomic E-state index is 0. The maximum Gasteiger partial charge on any atom is 0.170 e. The van der Waals surface area contributed by atoms with Gasteiger partial charge < -0.3 is 19.9 Å². The van der Waals surface area contributed by atoms with Gasteiger partial charge in [-0.25, -0.2) is 0 Å². The molecule has 6 heteroatoms. The molecule has 0 saturated carbocycles. The van der Waals surface area contributed by atoms with E-state index in [0.717, 1.165) is 43.2 Å². The van der Waals surface area contributed by atoms with E-state index in [-0.39, 0.29) is 25.1 Å². The second kappa shape index (κ2) is 11.0. The fourth-order valence-corrected chi connectivity index (χ4v) is 3.55. The lowest BCUT2D eigenvalue weighted by Gasteiger charge is -2.34. The molecule has 3 aromatic rings. The molecule has 158 valence electrons. The van der Waals surface area contributed by atoms with Crippen molar-refractivity contribution in [2.45, 2.75) is 6.04 Å². The Morgan fingerprint density at radius 1 is 0.800 bits per heavy atom. The number of hydrogen-bond donors (Lipinski definition) is 2. The van der Waals surface area contributed by atoms with Crippen LogP contribution in [0.4, 0.5) is 0 Å². The van der Waals surface area contributed by atoms with E-state index in [4.69, 9.17) is 9.47 Å². The van der Waals surface area contributed by atoms with Gasteiger partial charge in [-0.15, -0.1) is 12.4 Å². The van der Waals surface area contributed by atoms with E-state index in [1.54, 1.807) is 0 Å². The van der Waals surface area contributed by atoms with Crippen LogP contribution >= 0.6 is 12.4 Å². The number of nitrogens with one attached hydrogen (secondary N) is 1. The van der Waals surface area contributed by atoms with Crippen molar-refractivity contribution in [3.8, 4) is 23.0 Å². The first-order valence-electron chi connectivity index (χ1n) is 9.99. The van der Waals surface area contributed by atoms with Gasteiger partial charge in [-0.05, 0) is 42.0 Å². The van der Waals surface area contributed by atoms with E-state index in [1.807, 2.05) is 78.9 Å². The van der Waals surface area contributed by atoms with E-state index in [9.17, 15) is 5.11 Å². The Bertz CT molecular complexity index is 903. The molecule has 5 nitrogen and oxygen atoms in total. The number of ether oxygens (including phenoxy) is 2. The van der Waals surface area contributed by atoms with Gasteiger partial charge in [0, 0.05) is 26.2 Å². The SMILES string of the molecule is Cl.OC[C@@H](c1ccc(Oc2ccccc2)c(Oc2ccccc2)c1)N1CCNCC1. The first-order chi connectivity index (χ1) is 14.3. The highest BCUT2D eigenvalue weighted by Gasteiger charge is 2.23. The number of piperazine rings is 1. The highest BCUT2D eigenvalue weighted by atomic mass is 35.5. The Labute approximate surface area is 183 Å². The minimum atomic E-state index is -0.0685. The Hall–Kier alpha value is -2.57. The van der Waals surface area contributed by atoms with Crippen molar-refractivity contribution < 1.29 is 14.6 Å². The van der Waals surface area contributed by atoms with Crippen LogP contribution in [0, 0.1) is 0 Å². The summed E-state index contributed by atoms with van der Waals surface area (Å²) >= 11 is 0. The van der Waals surface area contributed by atoms with Gasteiger partial charge in [0.15, 0.2) is 11.5 Å². The lowest BCUT2D eigenvalue weighted by Crippen LogP contribution is -2.46. The molecule has 30 heavy (non-hydrogen) atoms. The predicted molar refractivity (Wildman–Crippen MR) is 121 cm³/mol. The zero-order chi connectivity index (χ0) is 19.9. The standard InChI is InChI=1S/C24H26N2O3.ClH/c27-18-22(26-15-13-25-14-16-26)19-11-12-23(28-20-7-3-1-4-8-20)24(17-19)29-21-9-5-2-6-10-21;/h1-12,17,22,25,27H,13-16,18H2;1H/t22-;/m0./s1. The summed E-state index contributed by atoms with van der Waals surface area (Å²) in [7, 11) is 0. The maximum atomic E-state index is 10.1. The van der Waals surface area contributed by atoms with Crippen LogP contribution in [0.3, 0.4) is 0 Å². The molecule has 0 aliphatic carbocycles. The van der Waals surface area contributed by atoms with Crippen molar-refractivity contribution in [1.29, 1.82) is 0 Å². The van der Waals surface area contributed by atoms with Crippen LogP contribution in [0.1, 0.15) is 11.6 Å². The molecule has 4 rings (SSSR count). The number of nitrogens with zero attached hydrogens (tertiary/aromatic N) is 1. The van der Waals surface area contributed by atoms with Gasteiger partial charge in [-0.3, -0.25) is 4.90 Å². The molecule has 1 atom stereocenters. The number of aliphatic hydroxyl groups is 1. The average molecular weight is 427 g/mol. The normalized spacial score (nSPS) is 15.1. The van der Waals surface area contributed by atoms with Gasteiger partial charge in [-0.1, -0.05) is 42.5 Å². The molecule has 0 radical (unpaired) electrons. The number of benzene rings is 3. The minimum Gasteiger partial charge on any atom is -0.453 e. The fourth-order valence-electron chi connectivity index (χ4n) is 3.55. The van der Waals surface area contributed by atoms with Crippen LogP contribution in [0.15, 0.2) is 78.9 Å². The summed E-state index contributed by atoms with van der Waals surface area (Å²) in [6.45, 7) is 3.73. The molecular weight excluding hydrogens is 400 g/mol. The lowest BCUT2D eigenvalue weighted by molar-refractivity contribution is 0.110. The van der Waals surface area contributed by atoms with Crippen molar-refractivity contribution >= 4 is 12.4 Å². The van der Waals surface area contributed by atoms with Crippen LogP contribution in [-0.2, 0) is 0 Å². The molecule has 3 aromatic carbocycles. The predicted octanol–water partition coefficient (Wildman–Crippen LogP) is 4.63. The largest absolute Gasteiger partial charge is 0.453 e. The van der Waals surface area contributed by atoms with Crippen LogP contribution in [0.5, 0.6) is 23.0 Å². The van der Waals surface area contributed by atoms with E-state index in [0.29, 0.717) is 11.5 Å². The van der Waals surface area contributed by atoms with Gasteiger partial charge in [0.2, 0.25) is 0 Å². The third-order valence-electron chi connectivity index (χ3n) is 5.06. The summed E-state index contributed by atoms with van der Waals surface area (Å²) < 4.78 is 12.3. The first-order valence-corrected chi connectivity index (χ1v) is 9.99. The molecule has 1 aliphatic rings. The van der Waals surface area contributed by atoms with Gasteiger partial charge in [0.1, 0.15) is 11.5 Å². The van der Waals surface area contributed by atoms with E-state index >= 15 is 0 Å². The van der Waals surface area contributed by atoms with Crippen LogP contribution in [0.25, 0.3) is 0 Å². The number of hydrogen-bond acceptors (Lipinski definition) is 5. The number of para-hydroxylation sites is 2. The zero-order valence-electron chi connectivity index (χ0n) is 16.7. The Kier molecular flexibility index (Phi) is 8.11.